The van der Waals surface area contributed by atoms with Gasteiger partial charge in [-0.05, 0) is 35.4 Å². The first kappa shape index (κ1) is 24.6. The third-order valence-corrected chi connectivity index (χ3v) is 7.46. The Hall–Kier alpha value is -3.53. The molecule has 1 aliphatic heterocycles. The predicted octanol–water partition coefficient (Wildman–Crippen LogP) is 2.92. The molecule has 0 spiro atoms. The van der Waals surface area contributed by atoms with Gasteiger partial charge in [0.05, 0.1) is 18.1 Å². The van der Waals surface area contributed by atoms with Gasteiger partial charge in [0.1, 0.15) is 6.61 Å². The van der Waals surface area contributed by atoms with Crippen LogP contribution in [0.4, 0.5) is 0 Å². The summed E-state index contributed by atoms with van der Waals surface area (Å²) in [6, 6.07) is 22.7. The molecule has 182 valence electrons. The second kappa shape index (κ2) is 11.3. The minimum atomic E-state index is -3.67. The zero-order chi connectivity index (χ0) is 24.7. The zero-order valence-electron chi connectivity index (χ0n) is 19.0. The lowest BCUT2D eigenvalue weighted by atomic mass is 10.1. The summed E-state index contributed by atoms with van der Waals surface area (Å²) < 4.78 is 38.0. The van der Waals surface area contributed by atoms with Gasteiger partial charge in [0.2, 0.25) is 10.0 Å². The van der Waals surface area contributed by atoms with E-state index >= 15 is 0 Å². The normalized spacial score (nSPS) is 15.2. The molecular formula is C26H26N2O6S. The van der Waals surface area contributed by atoms with Crippen LogP contribution in [0.2, 0.25) is 0 Å². The quantitative estimate of drug-likeness (QED) is 0.483. The van der Waals surface area contributed by atoms with Crippen molar-refractivity contribution in [2.75, 3.05) is 26.3 Å². The summed E-state index contributed by atoms with van der Waals surface area (Å²) in [5.74, 6) is -1.06. The minimum Gasteiger partial charge on any atom is -0.459 e. The van der Waals surface area contributed by atoms with Gasteiger partial charge in [-0.2, -0.15) is 4.31 Å². The molecule has 1 heterocycles. The van der Waals surface area contributed by atoms with Crippen molar-refractivity contribution in [1.29, 1.82) is 0 Å². The van der Waals surface area contributed by atoms with Gasteiger partial charge in [-0.15, -0.1) is 0 Å². The molecule has 1 unspecified atom stereocenters. The number of ether oxygens (including phenoxy) is 2. The molecule has 8 nitrogen and oxygen atoms in total. The molecule has 1 fully saturated rings. The van der Waals surface area contributed by atoms with Crippen LogP contribution in [0.15, 0.2) is 89.8 Å². The van der Waals surface area contributed by atoms with Crippen LogP contribution in [0.25, 0.3) is 0 Å². The highest BCUT2D eigenvalue weighted by Crippen LogP contribution is 2.20. The van der Waals surface area contributed by atoms with E-state index in [4.69, 9.17) is 9.47 Å². The summed E-state index contributed by atoms with van der Waals surface area (Å²) in [7, 11) is -3.67. The Morgan fingerprint density at radius 3 is 2.26 bits per heavy atom. The Kier molecular flexibility index (Phi) is 7.91. The molecule has 1 N–H and O–H groups in total. The molecule has 0 bridgehead atoms. The minimum absolute atomic E-state index is 0.130. The van der Waals surface area contributed by atoms with Crippen molar-refractivity contribution in [1.82, 2.24) is 9.62 Å². The summed E-state index contributed by atoms with van der Waals surface area (Å²) in [4.78, 5) is 25.9. The second-order valence-corrected chi connectivity index (χ2v) is 9.89. The number of hydrogen-bond acceptors (Lipinski definition) is 6. The van der Waals surface area contributed by atoms with Crippen LogP contribution in [0.1, 0.15) is 27.5 Å². The largest absolute Gasteiger partial charge is 0.459 e. The molecular weight excluding hydrogens is 468 g/mol. The molecule has 9 heteroatoms. The summed E-state index contributed by atoms with van der Waals surface area (Å²) in [5, 5.41) is 2.74. The third kappa shape index (κ3) is 6.13. The molecule has 0 aliphatic carbocycles. The fourth-order valence-corrected chi connectivity index (χ4v) is 5.18. The van der Waals surface area contributed by atoms with Crippen LogP contribution in [-0.4, -0.2) is 50.9 Å². The second-order valence-electron chi connectivity index (χ2n) is 7.95. The van der Waals surface area contributed by atoms with Crippen molar-refractivity contribution in [2.45, 2.75) is 17.5 Å². The highest BCUT2D eigenvalue weighted by atomic mass is 32.2. The fourth-order valence-electron chi connectivity index (χ4n) is 3.70. The highest BCUT2D eigenvalue weighted by Gasteiger charge is 2.27. The predicted molar refractivity (Wildman–Crippen MR) is 129 cm³/mol. The Balaban J connectivity index is 1.48. The van der Waals surface area contributed by atoms with Gasteiger partial charge in [0, 0.05) is 18.7 Å². The van der Waals surface area contributed by atoms with Gasteiger partial charge in [-0.25, -0.2) is 13.2 Å². The van der Waals surface area contributed by atoms with Crippen molar-refractivity contribution in [3.63, 3.8) is 0 Å². The first-order chi connectivity index (χ1) is 16.9. The van der Waals surface area contributed by atoms with Gasteiger partial charge in [0.25, 0.3) is 5.91 Å². The number of carbonyl (C=O) groups is 2. The van der Waals surface area contributed by atoms with E-state index in [-0.39, 0.29) is 11.5 Å². The van der Waals surface area contributed by atoms with Crippen molar-refractivity contribution in [3.05, 3.63) is 102 Å². The zero-order valence-corrected chi connectivity index (χ0v) is 19.8. The van der Waals surface area contributed by atoms with E-state index < -0.39 is 27.9 Å². The van der Waals surface area contributed by atoms with Crippen LogP contribution >= 0.6 is 0 Å². The van der Waals surface area contributed by atoms with E-state index in [1.807, 2.05) is 6.07 Å². The van der Waals surface area contributed by atoms with E-state index in [9.17, 15) is 18.0 Å². The Morgan fingerprint density at radius 2 is 1.57 bits per heavy atom. The van der Waals surface area contributed by atoms with E-state index in [0.717, 1.165) is 0 Å². The van der Waals surface area contributed by atoms with Gasteiger partial charge in [-0.3, -0.25) is 4.79 Å². The van der Waals surface area contributed by atoms with Gasteiger partial charge in [-0.1, -0.05) is 60.7 Å². The van der Waals surface area contributed by atoms with Crippen molar-refractivity contribution < 1.29 is 27.5 Å². The topological polar surface area (TPSA) is 102 Å². The average Bonchev–Trinajstić information content (AvgIpc) is 2.92. The number of morpholine rings is 1. The SMILES string of the molecule is O=C(NC(C(=O)OCc1cccc(S(=O)(=O)N2CCOCC2)c1)c1ccccc1)c1ccccc1. The maximum absolute atomic E-state index is 13.0. The number of hydrogen-bond donors (Lipinski definition) is 1. The molecule has 0 radical (unpaired) electrons. The van der Waals surface area contributed by atoms with Crippen LogP contribution in [0, 0.1) is 0 Å². The maximum Gasteiger partial charge on any atom is 0.333 e. The number of amides is 1. The Labute approximate surface area is 204 Å². The summed E-state index contributed by atoms with van der Waals surface area (Å²) >= 11 is 0. The molecule has 1 atom stereocenters. The van der Waals surface area contributed by atoms with Crippen LogP contribution in [0.3, 0.4) is 0 Å². The number of esters is 1. The van der Waals surface area contributed by atoms with Crippen LogP contribution in [0.5, 0.6) is 0 Å². The highest BCUT2D eigenvalue weighted by molar-refractivity contribution is 7.89. The number of nitrogens with one attached hydrogen (secondary N) is 1. The fraction of sp³-hybridized carbons (Fsp3) is 0.231. The Bertz CT molecular complexity index is 1260. The number of carbonyl (C=O) groups excluding carboxylic acids is 2. The molecule has 35 heavy (non-hydrogen) atoms. The van der Waals surface area contributed by atoms with Crippen molar-refractivity contribution in [3.8, 4) is 0 Å². The van der Waals surface area contributed by atoms with E-state index in [1.54, 1.807) is 66.7 Å². The first-order valence-electron chi connectivity index (χ1n) is 11.2. The third-order valence-electron chi connectivity index (χ3n) is 5.57. The first-order valence-corrected chi connectivity index (χ1v) is 12.6. The molecule has 1 saturated heterocycles. The van der Waals surface area contributed by atoms with Crippen LogP contribution < -0.4 is 5.32 Å². The molecule has 1 aliphatic rings. The standard InChI is InChI=1S/C26H26N2O6S/c29-25(22-11-5-2-6-12-22)27-24(21-9-3-1-4-10-21)26(30)34-19-20-8-7-13-23(18-20)35(31,32)28-14-16-33-17-15-28/h1-13,18,24H,14-17,19H2,(H,27,29). The summed E-state index contributed by atoms with van der Waals surface area (Å²) in [6.07, 6.45) is 0. The Morgan fingerprint density at radius 1 is 0.914 bits per heavy atom. The van der Waals surface area contributed by atoms with Crippen molar-refractivity contribution in [2.24, 2.45) is 0 Å². The van der Waals surface area contributed by atoms with E-state index in [1.165, 1.54) is 16.4 Å². The molecule has 0 saturated carbocycles. The van der Waals surface area contributed by atoms with Crippen LogP contribution in [-0.2, 0) is 30.9 Å². The molecule has 1 amide bonds. The molecule has 0 aromatic heterocycles. The number of sulfonamides is 1. The summed E-state index contributed by atoms with van der Waals surface area (Å²) in [5.41, 5.74) is 1.52. The lowest BCUT2D eigenvalue weighted by Crippen LogP contribution is -2.40. The summed E-state index contributed by atoms with van der Waals surface area (Å²) in [6.45, 7) is 1.15. The van der Waals surface area contributed by atoms with Crippen molar-refractivity contribution >= 4 is 21.9 Å². The number of benzene rings is 3. The number of rotatable bonds is 8. The van der Waals surface area contributed by atoms with Gasteiger partial charge in [0.15, 0.2) is 6.04 Å². The van der Waals surface area contributed by atoms with E-state index in [2.05, 4.69) is 5.32 Å². The lowest BCUT2D eigenvalue weighted by Gasteiger charge is -2.26. The molecule has 3 aromatic rings. The monoisotopic (exact) mass is 494 g/mol. The lowest BCUT2D eigenvalue weighted by molar-refractivity contribution is -0.147. The smallest absolute Gasteiger partial charge is 0.333 e. The average molecular weight is 495 g/mol. The maximum atomic E-state index is 13.0. The molecule has 4 rings (SSSR count). The van der Waals surface area contributed by atoms with E-state index in [0.29, 0.717) is 43.0 Å². The van der Waals surface area contributed by atoms with Gasteiger partial charge < -0.3 is 14.8 Å². The van der Waals surface area contributed by atoms with Gasteiger partial charge >= 0.3 is 5.97 Å². The number of nitrogens with zero attached hydrogens (tertiary/aromatic N) is 1. The molecule has 3 aromatic carbocycles.